The predicted molar refractivity (Wildman–Crippen MR) is 110 cm³/mol. The molecule has 3 heterocycles. The van der Waals surface area contributed by atoms with Crippen molar-refractivity contribution in [2.45, 2.75) is 57.2 Å². The van der Waals surface area contributed by atoms with E-state index >= 15 is 0 Å². The molecule has 2 amide bonds. The second kappa shape index (κ2) is 8.26. The maximum absolute atomic E-state index is 12.4. The summed E-state index contributed by atoms with van der Waals surface area (Å²) in [6.07, 6.45) is 5.03. The number of amides is 2. The molecular formula is C20H23N5O2S. The Labute approximate surface area is 168 Å². The minimum absolute atomic E-state index is 0.114. The van der Waals surface area contributed by atoms with E-state index in [0.29, 0.717) is 6.42 Å². The van der Waals surface area contributed by atoms with Gasteiger partial charge in [0, 0.05) is 25.1 Å². The fraction of sp³-hybridized carbons (Fsp3) is 0.450. The lowest BCUT2D eigenvalue weighted by molar-refractivity contribution is -0.121. The highest BCUT2D eigenvalue weighted by Crippen LogP contribution is 2.28. The van der Waals surface area contributed by atoms with E-state index in [1.807, 2.05) is 31.2 Å². The number of benzene rings is 1. The molecule has 0 aliphatic carbocycles. The molecule has 4 rings (SSSR count). The highest BCUT2D eigenvalue weighted by Gasteiger charge is 2.31. The van der Waals surface area contributed by atoms with Gasteiger partial charge in [-0.05, 0) is 31.4 Å². The van der Waals surface area contributed by atoms with Gasteiger partial charge in [0.1, 0.15) is 16.9 Å². The fourth-order valence-electron chi connectivity index (χ4n) is 3.54. The number of aliphatic imine (C=N–C) groups is 1. The summed E-state index contributed by atoms with van der Waals surface area (Å²) in [5.41, 5.74) is 1.76. The van der Waals surface area contributed by atoms with Crippen molar-refractivity contribution in [1.29, 1.82) is 0 Å². The lowest BCUT2D eigenvalue weighted by Crippen LogP contribution is -2.21. The van der Waals surface area contributed by atoms with Crippen molar-refractivity contribution in [1.82, 2.24) is 14.8 Å². The Balaban J connectivity index is 1.36. The third-order valence-electron chi connectivity index (χ3n) is 5.07. The molecule has 146 valence electrons. The van der Waals surface area contributed by atoms with Crippen LogP contribution >= 0.6 is 11.8 Å². The number of hydrogen-bond donors (Lipinski definition) is 1. The number of fused-ring (bicyclic) bond motifs is 1. The summed E-state index contributed by atoms with van der Waals surface area (Å²) in [6, 6.07) is 7.59. The molecule has 0 radical (unpaired) electrons. The van der Waals surface area contributed by atoms with Crippen LogP contribution in [0.15, 0.2) is 29.3 Å². The van der Waals surface area contributed by atoms with Gasteiger partial charge in [-0.25, -0.2) is 4.99 Å². The number of carbonyl (C=O) groups is 2. The van der Waals surface area contributed by atoms with E-state index in [9.17, 15) is 9.59 Å². The maximum atomic E-state index is 12.4. The summed E-state index contributed by atoms with van der Waals surface area (Å²) in [4.78, 5) is 28.8. The molecule has 8 heteroatoms. The van der Waals surface area contributed by atoms with Crippen molar-refractivity contribution < 1.29 is 9.59 Å². The normalized spacial score (nSPS) is 19.1. The molecule has 1 N–H and O–H groups in total. The van der Waals surface area contributed by atoms with E-state index < -0.39 is 5.25 Å². The first-order valence-electron chi connectivity index (χ1n) is 9.64. The molecular weight excluding hydrogens is 374 g/mol. The molecule has 1 aromatic carbocycles. The van der Waals surface area contributed by atoms with Gasteiger partial charge in [-0.15, -0.1) is 10.2 Å². The van der Waals surface area contributed by atoms with Crippen LogP contribution in [0.4, 0.5) is 5.69 Å². The van der Waals surface area contributed by atoms with Gasteiger partial charge in [0.05, 0.1) is 11.5 Å². The Morgan fingerprint density at radius 2 is 2.11 bits per heavy atom. The van der Waals surface area contributed by atoms with Crippen LogP contribution in [0.5, 0.6) is 0 Å². The Morgan fingerprint density at radius 1 is 1.25 bits per heavy atom. The summed E-state index contributed by atoms with van der Waals surface area (Å²) in [7, 11) is 0. The van der Waals surface area contributed by atoms with E-state index in [2.05, 4.69) is 25.1 Å². The molecule has 0 spiro atoms. The number of rotatable bonds is 5. The molecule has 0 saturated carbocycles. The van der Waals surface area contributed by atoms with Crippen molar-refractivity contribution in [2.24, 2.45) is 4.99 Å². The second-order valence-electron chi connectivity index (χ2n) is 7.19. The van der Waals surface area contributed by atoms with E-state index in [4.69, 9.17) is 0 Å². The molecule has 2 aliphatic heterocycles. The van der Waals surface area contributed by atoms with E-state index in [0.717, 1.165) is 53.8 Å². The largest absolute Gasteiger partial charge is 0.326 e. The number of aromatic nitrogens is 3. The molecule has 7 nitrogen and oxygen atoms in total. The Hall–Kier alpha value is -2.48. The highest BCUT2D eigenvalue weighted by atomic mass is 32.2. The molecule has 2 aliphatic rings. The van der Waals surface area contributed by atoms with Crippen LogP contribution in [0.3, 0.4) is 0 Å². The number of aryl methyl sites for hydroxylation is 2. The lowest BCUT2D eigenvalue weighted by Gasteiger charge is -2.10. The highest BCUT2D eigenvalue weighted by molar-refractivity contribution is 8.15. The first-order chi connectivity index (χ1) is 13.6. The summed E-state index contributed by atoms with van der Waals surface area (Å²) in [5.74, 6) is 1.47. The second-order valence-corrected chi connectivity index (χ2v) is 8.47. The molecule has 28 heavy (non-hydrogen) atoms. The van der Waals surface area contributed by atoms with Gasteiger partial charge in [-0.2, -0.15) is 0 Å². The first kappa shape index (κ1) is 18.9. The third kappa shape index (κ3) is 4.16. The number of thioether (sulfide) groups is 1. The van der Waals surface area contributed by atoms with Crippen LogP contribution in [-0.4, -0.2) is 36.9 Å². The quantitative estimate of drug-likeness (QED) is 0.838. The van der Waals surface area contributed by atoms with Gasteiger partial charge in [-0.3, -0.25) is 9.59 Å². The van der Waals surface area contributed by atoms with Gasteiger partial charge in [0.15, 0.2) is 0 Å². The lowest BCUT2D eigenvalue weighted by atomic mass is 10.2. The van der Waals surface area contributed by atoms with Crippen LogP contribution < -0.4 is 5.32 Å². The minimum Gasteiger partial charge on any atom is -0.326 e. The Bertz CT molecular complexity index is 936. The molecule has 1 atom stereocenters. The average Bonchev–Trinajstić information content (AvgIpc) is 3.10. The van der Waals surface area contributed by atoms with E-state index in [1.54, 1.807) is 0 Å². The van der Waals surface area contributed by atoms with Crippen LogP contribution in [0.1, 0.15) is 42.9 Å². The van der Waals surface area contributed by atoms with Gasteiger partial charge in [0.25, 0.3) is 5.91 Å². The van der Waals surface area contributed by atoms with Crippen molar-refractivity contribution in [3.05, 3.63) is 41.5 Å². The topological polar surface area (TPSA) is 89.2 Å². The summed E-state index contributed by atoms with van der Waals surface area (Å²) >= 11 is 1.37. The first-order valence-corrected chi connectivity index (χ1v) is 10.5. The number of hydrogen-bond acceptors (Lipinski definition) is 5. The number of nitrogens with zero attached hydrogens (tertiary/aromatic N) is 4. The molecule has 2 aromatic rings. The predicted octanol–water partition coefficient (Wildman–Crippen LogP) is 2.92. The average molecular weight is 398 g/mol. The van der Waals surface area contributed by atoms with Crippen LogP contribution in [0.25, 0.3) is 0 Å². The van der Waals surface area contributed by atoms with Crippen molar-refractivity contribution >= 4 is 34.3 Å². The summed E-state index contributed by atoms with van der Waals surface area (Å²) < 4.78 is 2.17. The molecule has 0 saturated heterocycles. The Kier molecular flexibility index (Phi) is 5.57. The van der Waals surface area contributed by atoms with Gasteiger partial charge in [0.2, 0.25) is 5.91 Å². The van der Waals surface area contributed by atoms with E-state index in [1.165, 1.54) is 18.2 Å². The zero-order valence-electron chi connectivity index (χ0n) is 15.9. The number of para-hydroxylation sites is 1. The zero-order chi connectivity index (χ0) is 19.5. The number of carbonyl (C=O) groups excluding carboxylic acids is 2. The van der Waals surface area contributed by atoms with Gasteiger partial charge < -0.3 is 9.88 Å². The molecule has 1 aromatic heterocycles. The molecule has 0 bridgehead atoms. The maximum Gasteiger partial charge on any atom is 0.260 e. The van der Waals surface area contributed by atoms with Crippen LogP contribution in [0.2, 0.25) is 0 Å². The monoisotopic (exact) mass is 397 g/mol. The fourth-order valence-corrected chi connectivity index (χ4v) is 4.61. The van der Waals surface area contributed by atoms with Crippen LogP contribution in [-0.2, 0) is 29.0 Å². The molecule has 0 unspecified atom stereocenters. The third-order valence-corrected chi connectivity index (χ3v) is 6.23. The standard InChI is InChI=1S/C20H23N5O2S/c1-13-7-4-5-8-14(13)21-18(26)11-15-20(27)22-19(28-15)12-17-24-23-16-9-3-2-6-10-25(16)17/h4-5,7-8,15H,2-3,6,9-12H2,1H3,(H,21,26)/t15-/m1/s1. The minimum atomic E-state index is -0.467. The summed E-state index contributed by atoms with van der Waals surface area (Å²) in [6.45, 7) is 2.86. The zero-order valence-corrected chi connectivity index (χ0v) is 16.7. The molecule has 0 fully saturated rings. The van der Waals surface area contributed by atoms with E-state index in [-0.39, 0.29) is 18.2 Å². The van der Waals surface area contributed by atoms with Crippen molar-refractivity contribution in [3.63, 3.8) is 0 Å². The smallest absolute Gasteiger partial charge is 0.260 e. The number of nitrogens with one attached hydrogen (secondary N) is 1. The van der Waals surface area contributed by atoms with Gasteiger partial charge in [-0.1, -0.05) is 36.4 Å². The Morgan fingerprint density at radius 3 is 2.96 bits per heavy atom. The SMILES string of the molecule is Cc1ccccc1NC(=O)C[C@H]1SC(Cc2nnc3n2CCCCC3)=NC1=O. The van der Waals surface area contributed by atoms with Crippen LogP contribution in [0, 0.1) is 6.92 Å². The van der Waals surface area contributed by atoms with Crippen molar-refractivity contribution in [3.8, 4) is 0 Å². The number of anilines is 1. The van der Waals surface area contributed by atoms with Gasteiger partial charge >= 0.3 is 0 Å². The summed E-state index contributed by atoms with van der Waals surface area (Å²) in [5, 5.41) is 11.7. The van der Waals surface area contributed by atoms with Crippen molar-refractivity contribution in [2.75, 3.05) is 5.32 Å².